The van der Waals surface area contributed by atoms with Gasteiger partial charge in [0.2, 0.25) is 0 Å². The monoisotopic (exact) mass is 333 g/mol. The lowest BCUT2D eigenvalue weighted by Crippen LogP contribution is -2.32. The van der Waals surface area contributed by atoms with Gasteiger partial charge in [-0.3, -0.25) is 0 Å². The molecule has 0 aliphatic carbocycles. The molecule has 1 heteroatoms. The van der Waals surface area contributed by atoms with Crippen LogP contribution in [0.4, 0.5) is 0 Å². The van der Waals surface area contributed by atoms with Crippen LogP contribution in [0.5, 0.6) is 0 Å². The lowest BCUT2D eigenvalue weighted by Gasteiger charge is -2.26. The first-order valence-corrected chi connectivity index (χ1v) is 10.8. The van der Waals surface area contributed by atoms with E-state index in [9.17, 15) is 0 Å². The smallest absolute Gasteiger partial charge is 0.0620 e. The molecule has 3 aromatic rings. The molecule has 0 aliphatic heterocycles. The number of hydrogen-bond donors (Lipinski definition) is 0. The van der Waals surface area contributed by atoms with Gasteiger partial charge in [-0.25, -0.2) is 0 Å². The Morgan fingerprint density at radius 1 is 0.625 bits per heavy atom. The van der Waals surface area contributed by atoms with Crippen molar-refractivity contribution in [2.24, 2.45) is 0 Å². The van der Waals surface area contributed by atoms with Gasteiger partial charge < -0.3 is 0 Å². The second-order valence-corrected chi connectivity index (χ2v) is 10.3. The summed E-state index contributed by atoms with van der Waals surface area (Å²) < 4.78 is 0. The van der Waals surface area contributed by atoms with E-state index in [4.69, 9.17) is 0 Å². The Morgan fingerprint density at radius 3 is 1.42 bits per heavy atom. The van der Waals surface area contributed by atoms with Gasteiger partial charge in [0.05, 0.1) is 6.16 Å². The second-order valence-electron chi connectivity index (χ2n) is 6.54. The third-order valence-corrected chi connectivity index (χ3v) is 9.36. The van der Waals surface area contributed by atoms with Crippen LogP contribution in [0.3, 0.4) is 0 Å². The van der Waals surface area contributed by atoms with Gasteiger partial charge in [0.15, 0.2) is 0 Å². The molecule has 0 spiro atoms. The largest absolute Gasteiger partial charge is 0.111 e. The summed E-state index contributed by atoms with van der Waals surface area (Å²) in [6.45, 7) is 6.85. The summed E-state index contributed by atoms with van der Waals surface area (Å²) in [6, 6.07) is 31.5. The molecule has 0 fully saturated rings. The van der Waals surface area contributed by atoms with E-state index >= 15 is 0 Å². The van der Waals surface area contributed by atoms with Crippen molar-refractivity contribution in [2.45, 2.75) is 26.7 Å². The second kappa shape index (κ2) is 7.32. The zero-order valence-electron chi connectivity index (χ0n) is 14.8. The van der Waals surface area contributed by atoms with E-state index in [1.54, 1.807) is 0 Å². The minimum atomic E-state index is -1.58. The van der Waals surface area contributed by atoms with Gasteiger partial charge in [-0.2, -0.15) is 0 Å². The maximum absolute atomic E-state index is 2.37. The molecular weight excluding hydrogens is 307 g/mol. The van der Waals surface area contributed by atoms with Gasteiger partial charge in [-0.1, -0.05) is 62.4 Å². The van der Waals surface area contributed by atoms with E-state index < -0.39 is 7.26 Å². The average molecular weight is 333 g/mol. The fourth-order valence-electron chi connectivity index (χ4n) is 3.47. The molecule has 0 radical (unpaired) electrons. The van der Waals surface area contributed by atoms with Crippen LogP contribution in [0.1, 0.15) is 32.3 Å². The Bertz CT molecular complexity index is 719. The van der Waals surface area contributed by atoms with Crippen molar-refractivity contribution in [1.82, 2.24) is 0 Å². The van der Waals surface area contributed by atoms with Crippen LogP contribution in [0.25, 0.3) is 0 Å². The molecule has 0 atom stereocenters. The standard InChI is InChI=1S/C23H26P/c1-4-24(21-11-7-5-8-12-21,22-13-9-6-10-14-22)23-17-15-20(16-18-23)19(2)3/h5-19H,4H2,1-3H3/q+1. The molecule has 0 amide bonds. The van der Waals surface area contributed by atoms with E-state index in [0.717, 1.165) is 6.16 Å². The van der Waals surface area contributed by atoms with Gasteiger partial charge in [0, 0.05) is 0 Å². The van der Waals surface area contributed by atoms with Crippen molar-refractivity contribution in [3.05, 3.63) is 90.5 Å². The van der Waals surface area contributed by atoms with E-state index in [0.29, 0.717) is 5.92 Å². The van der Waals surface area contributed by atoms with Crippen molar-refractivity contribution in [1.29, 1.82) is 0 Å². The topological polar surface area (TPSA) is 0 Å². The highest BCUT2D eigenvalue weighted by Gasteiger charge is 2.43. The first kappa shape index (κ1) is 16.9. The zero-order valence-corrected chi connectivity index (χ0v) is 15.7. The highest BCUT2D eigenvalue weighted by Crippen LogP contribution is 2.54. The van der Waals surface area contributed by atoms with Crippen LogP contribution in [0, 0.1) is 0 Å². The highest BCUT2D eigenvalue weighted by molar-refractivity contribution is 7.95. The lowest BCUT2D eigenvalue weighted by molar-refractivity contribution is 0.867. The molecule has 122 valence electrons. The summed E-state index contributed by atoms with van der Waals surface area (Å²) in [7, 11) is -1.58. The molecule has 0 unspecified atom stereocenters. The van der Waals surface area contributed by atoms with Crippen LogP contribution in [-0.2, 0) is 0 Å². The number of rotatable bonds is 5. The number of hydrogen-bond acceptors (Lipinski definition) is 0. The summed E-state index contributed by atoms with van der Waals surface area (Å²) in [4.78, 5) is 0. The summed E-state index contributed by atoms with van der Waals surface area (Å²) in [5.41, 5.74) is 1.41. The average Bonchev–Trinajstić information content (AvgIpc) is 2.65. The fourth-order valence-corrected chi connectivity index (χ4v) is 7.48. The molecule has 0 N–H and O–H groups in total. The van der Waals surface area contributed by atoms with E-state index in [1.165, 1.54) is 21.5 Å². The molecule has 0 saturated heterocycles. The molecule has 3 aromatic carbocycles. The quantitative estimate of drug-likeness (QED) is 0.568. The molecule has 0 nitrogen and oxygen atoms in total. The summed E-state index contributed by atoms with van der Waals surface area (Å²) in [6.07, 6.45) is 1.14. The first-order chi connectivity index (χ1) is 11.7. The normalized spacial score (nSPS) is 11.7. The lowest BCUT2D eigenvalue weighted by atomic mass is 10.0. The summed E-state index contributed by atoms with van der Waals surface area (Å²) >= 11 is 0. The van der Waals surface area contributed by atoms with Gasteiger partial charge in [-0.15, -0.1) is 0 Å². The van der Waals surface area contributed by atoms with Crippen molar-refractivity contribution in [2.75, 3.05) is 6.16 Å². The van der Waals surface area contributed by atoms with Gasteiger partial charge in [-0.05, 0) is 54.8 Å². The molecule has 0 aliphatic rings. The number of benzene rings is 3. The Hall–Kier alpha value is -1.91. The van der Waals surface area contributed by atoms with E-state index in [1.807, 2.05) is 0 Å². The highest BCUT2D eigenvalue weighted by atomic mass is 31.2. The molecule has 24 heavy (non-hydrogen) atoms. The van der Waals surface area contributed by atoms with Crippen molar-refractivity contribution >= 4 is 23.2 Å². The molecule has 3 rings (SSSR count). The molecule has 0 saturated carbocycles. The van der Waals surface area contributed by atoms with Crippen molar-refractivity contribution < 1.29 is 0 Å². The van der Waals surface area contributed by atoms with Crippen LogP contribution >= 0.6 is 7.26 Å². The predicted octanol–water partition coefficient (Wildman–Crippen LogP) is 5.12. The molecule has 0 aromatic heterocycles. The third kappa shape index (κ3) is 3.04. The minimum Gasteiger partial charge on any atom is -0.0620 e. The van der Waals surface area contributed by atoms with Crippen LogP contribution in [0.2, 0.25) is 0 Å². The Labute approximate surface area is 146 Å². The van der Waals surface area contributed by atoms with Gasteiger partial charge >= 0.3 is 0 Å². The van der Waals surface area contributed by atoms with E-state index in [2.05, 4.69) is 106 Å². The van der Waals surface area contributed by atoms with E-state index in [-0.39, 0.29) is 0 Å². The maximum Gasteiger partial charge on any atom is 0.111 e. The Kier molecular flexibility index (Phi) is 5.17. The maximum atomic E-state index is 2.37. The van der Waals surface area contributed by atoms with Crippen LogP contribution in [-0.4, -0.2) is 6.16 Å². The SMILES string of the molecule is CC[P+](c1ccccc1)(c1ccccc1)c1ccc(C(C)C)cc1. The van der Waals surface area contributed by atoms with Gasteiger partial charge in [0.25, 0.3) is 0 Å². The van der Waals surface area contributed by atoms with Gasteiger partial charge in [0.1, 0.15) is 23.2 Å². The summed E-state index contributed by atoms with van der Waals surface area (Å²) in [5.74, 6) is 0.571. The van der Waals surface area contributed by atoms with Crippen molar-refractivity contribution in [3.8, 4) is 0 Å². The third-order valence-electron chi connectivity index (χ3n) is 4.87. The fraction of sp³-hybridized carbons (Fsp3) is 0.217. The molecular formula is C23H26P+. The Balaban J connectivity index is 2.22. The van der Waals surface area contributed by atoms with Crippen molar-refractivity contribution in [3.63, 3.8) is 0 Å². The molecule has 0 heterocycles. The minimum absolute atomic E-state index is 0.571. The Morgan fingerprint density at radius 2 is 1.04 bits per heavy atom. The van der Waals surface area contributed by atoms with Crippen LogP contribution < -0.4 is 15.9 Å². The molecule has 0 bridgehead atoms. The zero-order chi connectivity index (χ0) is 17.0. The predicted molar refractivity (Wildman–Crippen MR) is 110 cm³/mol. The first-order valence-electron chi connectivity index (χ1n) is 8.78. The summed E-state index contributed by atoms with van der Waals surface area (Å²) in [5, 5.41) is 4.42. The van der Waals surface area contributed by atoms with Crippen LogP contribution in [0.15, 0.2) is 84.9 Å².